The van der Waals surface area contributed by atoms with E-state index in [-0.39, 0.29) is 12.4 Å². The van der Waals surface area contributed by atoms with Gasteiger partial charge in [-0.3, -0.25) is 0 Å². The summed E-state index contributed by atoms with van der Waals surface area (Å²) in [5.74, 6) is 0.457. The van der Waals surface area contributed by atoms with Crippen LogP contribution in [0.3, 0.4) is 0 Å². The SMILES string of the molecule is CCOC(=O)c1c(C)oc2c1c(C=Nc1cccc(C)n1)c(O)c1ccccc12. The molecule has 6 heteroatoms. The summed E-state index contributed by atoms with van der Waals surface area (Å²) < 4.78 is 11.2. The molecule has 0 bridgehead atoms. The number of hydrogen-bond acceptors (Lipinski definition) is 6. The molecule has 1 N–H and O–H groups in total. The molecule has 0 saturated heterocycles. The number of benzene rings is 2. The summed E-state index contributed by atoms with van der Waals surface area (Å²) >= 11 is 0. The predicted octanol–water partition coefficient (Wildman–Crippen LogP) is 5.23. The average Bonchev–Trinajstić information content (AvgIpc) is 3.05. The number of hydrogen-bond donors (Lipinski definition) is 1. The van der Waals surface area contributed by atoms with E-state index in [1.165, 1.54) is 6.21 Å². The maximum Gasteiger partial charge on any atom is 0.342 e. The molecule has 0 aliphatic carbocycles. The molecule has 2 aromatic carbocycles. The first-order chi connectivity index (χ1) is 14.0. The van der Waals surface area contributed by atoms with Crippen LogP contribution in [0.4, 0.5) is 5.82 Å². The molecule has 0 aliphatic rings. The molecule has 0 saturated carbocycles. The number of aromatic nitrogens is 1. The molecule has 2 heterocycles. The second kappa shape index (κ2) is 7.39. The van der Waals surface area contributed by atoms with Crippen LogP contribution in [-0.4, -0.2) is 28.9 Å². The zero-order valence-corrected chi connectivity index (χ0v) is 16.4. The Balaban J connectivity index is 2.04. The van der Waals surface area contributed by atoms with E-state index in [4.69, 9.17) is 9.15 Å². The van der Waals surface area contributed by atoms with E-state index in [9.17, 15) is 9.90 Å². The van der Waals surface area contributed by atoms with Gasteiger partial charge in [-0.2, -0.15) is 0 Å². The largest absolute Gasteiger partial charge is 0.507 e. The van der Waals surface area contributed by atoms with Crippen molar-refractivity contribution < 1.29 is 19.1 Å². The number of carbonyl (C=O) groups excluding carboxylic acids is 1. The van der Waals surface area contributed by atoms with Gasteiger partial charge in [-0.1, -0.05) is 30.3 Å². The lowest BCUT2D eigenvalue weighted by atomic mass is 9.98. The summed E-state index contributed by atoms with van der Waals surface area (Å²) in [6.45, 7) is 5.57. The molecular formula is C23H20N2O4. The Bertz CT molecular complexity index is 1270. The molecule has 2 aromatic heterocycles. The molecule has 0 atom stereocenters. The van der Waals surface area contributed by atoms with Crippen molar-refractivity contribution in [2.24, 2.45) is 4.99 Å². The molecule has 0 amide bonds. The Labute approximate surface area is 167 Å². The van der Waals surface area contributed by atoms with Gasteiger partial charge >= 0.3 is 5.97 Å². The third-order valence-electron chi connectivity index (χ3n) is 4.71. The number of aliphatic imine (C=N–C) groups is 1. The fourth-order valence-corrected chi connectivity index (χ4v) is 3.45. The van der Waals surface area contributed by atoms with Gasteiger partial charge in [0.15, 0.2) is 5.82 Å². The van der Waals surface area contributed by atoms with Crippen molar-refractivity contribution in [3.63, 3.8) is 0 Å². The number of nitrogens with zero attached hydrogens (tertiary/aromatic N) is 2. The van der Waals surface area contributed by atoms with E-state index >= 15 is 0 Å². The second-order valence-electron chi connectivity index (χ2n) is 6.66. The maximum absolute atomic E-state index is 12.6. The molecule has 4 aromatic rings. The van der Waals surface area contributed by atoms with Gasteiger partial charge in [-0.25, -0.2) is 14.8 Å². The van der Waals surface area contributed by atoms with Gasteiger partial charge in [0.25, 0.3) is 0 Å². The zero-order chi connectivity index (χ0) is 20.5. The average molecular weight is 388 g/mol. The number of carbonyl (C=O) groups is 1. The van der Waals surface area contributed by atoms with Crippen molar-refractivity contribution in [1.29, 1.82) is 0 Å². The highest BCUT2D eigenvalue weighted by Gasteiger charge is 2.25. The van der Waals surface area contributed by atoms with E-state index in [2.05, 4.69) is 9.98 Å². The van der Waals surface area contributed by atoms with Crippen LogP contribution in [0, 0.1) is 13.8 Å². The number of fused-ring (bicyclic) bond motifs is 3. The smallest absolute Gasteiger partial charge is 0.342 e. The van der Waals surface area contributed by atoms with Crippen LogP contribution in [-0.2, 0) is 4.74 Å². The van der Waals surface area contributed by atoms with Gasteiger partial charge in [-0.15, -0.1) is 0 Å². The summed E-state index contributed by atoms with van der Waals surface area (Å²) in [6.07, 6.45) is 1.52. The maximum atomic E-state index is 12.6. The van der Waals surface area contributed by atoms with Gasteiger partial charge in [0.05, 0.1) is 6.61 Å². The van der Waals surface area contributed by atoms with Crippen LogP contribution in [0.25, 0.3) is 21.7 Å². The lowest BCUT2D eigenvalue weighted by molar-refractivity contribution is 0.0526. The summed E-state index contributed by atoms with van der Waals surface area (Å²) in [5, 5.41) is 12.8. The number of aromatic hydroxyl groups is 1. The van der Waals surface area contributed by atoms with Crippen molar-refractivity contribution in [2.75, 3.05) is 6.61 Å². The Morgan fingerprint density at radius 1 is 1.17 bits per heavy atom. The summed E-state index contributed by atoms with van der Waals surface area (Å²) in [6, 6.07) is 12.8. The Morgan fingerprint density at radius 3 is 2.66 bits per heavy atom. The Morgan fingerprint density at radius 2 is 1.93 bits per heavy atom. The highest BCUT2D eigenvalue weighted by molar-refractivity contribution is 6.21. The molecule has 4 rings (SSSR count). The first-order valence-electron chi connectivity index (χ1n) is 9.32. The summed E-state index contributed by atoms with van der Waals surface area (Å²) in [4.78, 5) is 21.4. The molecule has 29 heavy (non-hydrogen) atoms. The topological polar surface area (TPSA) is 84.9 Å². The van der Waals surface area contributed by atoms with E-state index < -0.39 is 5.97 Å². The molecule has 0 aliphatic heterocycles. The number of esters is 1. The molecule has 6 nitrogen and oxygen atoms in total. The predicted molar refractivity (Wildman–Crippen MR) is 112 cm³/mol. The number of phenols is 1. The molecule has 0 spiro atoms. The second-order valence-corrected chi connectivity index (χ2v) is 6.66. The first kappa shape index (κ1) is 18.7. The summed E-state index contributed by atoms with van der Waals surface area (Å²) in [5.41, 5.74) is 2.03. The van der Waals surface area contributed by atoms with Crippen LogP contribution in [0.5, 0.6) is 5.75 Å². The van der Waals surface area contributed by atoms with Crippen LogP contribution < -0.4 is 0 Å². The molecule has 0 unspecified atom stereocenters. The fourth-order valence-electron chi connectivity index (χ4n) is 3.45. The number of furan rings is 1. The van der Waals surface area contributed by atoms with Crippen molar-refractivity contribution >= 4 is 39.7 Å². The van der Waals surface area contributed by atoms with E-state index in [1.54, 1.807) is 26.0 Å². The van der Waals surface area contributed by atoms with Crippen molar-refractivity contribution in [1.82, 2.24) is 4.98 Å². The molecule has 0 radical (unpaired) electrons. The Hall–Kier alpha value is -3.67. The van der Waals surface area contributed by atoms with E-state index in [0.717, 1.165) is 5.69 Å². The molecule has 146 valence electrons. The van der Waals surface area contributed by atoms with Crippen molar-refractivity contribution in [2.45, 2.75) is 20.8 Å². The normalized spacial score (nSPS) is 11.6. The van der Waals surface area contributed by atoms with E-state index in [1.807, 2.05) is 37.3 Å². The van der Waals surface area contributed by atoms with Gasteiger partial charge in [0, 0.05) is 33.6 Å². The third-order valence-corrected chi connectivity index (χ3v) is 4.71. The van der Waals surface area contributed by atoms with Crippen LogP contribution in [0.15, 0.2) is 51.9 Å². The summed E-state index contributed by atoms with van der Waals surface area (Å²) in [7, 11) is 0. The monoisotopic (exact) mass is 388 g/mol. The molecular weight excluding hydrogens is 368 g/mol. The zero-order valence-electron chi connectivity index (χ0n) is 16.4. The lowest BCUT2D eigenvalue weighted by Crippen LogP contribution is -2.06. The number of rotatable bonds is 4. The van der Waals surface area contributed by atoms with E-state index in [0.29, 0.717) is 44.4 Å². The third kappa shape index (κ3) is 3.23. The molecule has 0 fully saturated rings. The quantitative estimate of drug-likeness (QED) is 0.382. The minimum atomic E-state index is -0.498. The lowest BCUT2D eigenvalue weighted by Gasteiger charge is -2.08. The minimum Gasteiger partial charge on any atom is -0.507 e. The highest BCUT2D eigenvalue weighted by atomic mass is 16.5. The number of ether oxygens (including phenoxy) is 1. The van der Waals surface area contributed by atoms with Crippen LogP contribution in [0.2, 0.25) is 0 Å². The minimum absolute atomic E-state index is 0.0239. The highest BCUT2D eigenvalue weighted by Crippen LogP contribution is 2.40. The van der Waals surface area contributed by atoms with Crippen LogP contribution >= 0.6 is 0 Å². The van der Waals surface area contributed by atoms with Gasteiger partial charge in [0.2, 0.25) is 0 Å². The van der Waals surface area contributed by atoms with Gasteiger partial charge in [-0.05, 0) is 32.9 Å². The number of aryl methyl sites for hydroxylation is 2. The Kier molecular flexibility index (Phi) is 4.76. The van der Waals surface area contributed by atoms with Crippen molar-refractivity contribution in [3.05, 3.63) is 65.0 Å². The standard InChI is InChI=1S/C23H20N2O4/c1-4-28-23(27)19-14(3)29-22-16-10-6-5-9-15(16)21(26)17(20(19)22)12-24-18-11-7-8-13(2)25-18/h5-12,26H,4H2,1-3H3. The van der Waals surface area contributed by atoms with Gasteiger partial charge in [0.1, 0.15) is 22.7 Å². The first-order valence-corrected chi connectivity index (χ1v) is 9.32. The van der Waals surface area contributed by atoms with Crippen LogP contribution in [0.1, 0.15) is 34.3 Å². The number of pyridine rings is 1. The van der Waals surface area contributed by atoms with Crippen molar-refractivity contribution in [3.8, 4) is 5.75 Å². The van der Waals surface area contributed by atoms with Gasteiger partial charge < -0.3 is 14.3 Å². The number of phenolic OH excluding ortho intramolecular Hbond substituents is 1. The fraction of sp³-hybridized carbons (Fsp3) is 0.174.